The van der Waals surface area contributed by atoms with Crippen molar-refractivity contribution in [1.82, 2.24) is 0 Å². The van der Waals surface area contributed by atoms with Crippen LogP contribution < -0.4 is 5.73 Å². The zero-order valence-electron chi connectivity index (χ0n) is 10.3. The van der Waals surface area contributed by atoms with Gasteiger partial charge in [0.25, 0.3) is 0 Å². The molecule has 1 atom stereocenters. The van der Waals surface area contributed by atoms with Gasteiger partial charge in [-0.25, -0.2) is 4.79 Å². The Labute approximate surface area is 106 Å². The molecule has 1 aromatic heterocycles. The van der Waals surface area contributed by atoms with Crippen LogP contribution in [0.3, 0.4) is 0 Å². The second kappa shape index (κ2) is 7.42. The molecule has 96 valence electrons. The van der Waals surface area contributed by atoms with Crippen molar-refractivity contribution in [1.29, 1.82) is 0 Å². The van der Waals surface area contributed by atoms with Gasteiger partial charge in [-0.1, -0.05) is 6.92 Å². The predicted octanol–water partition coefficient (Wildman–Crippen LogP) is 1.89. The van der Waals surface area contributed by atoms with Crippen LogP contribution in [0.5, 0.6) is 0 Å². The summed E-state index contributed by atoms with van der Waals surface area (Å²) < 4.78 is 9.96. The highest BCUT2D eigenvalue weighted by Gasteiger charge is 2.10. The predicted molar refractivity (Wildman–Crippen MR) is 68.1 cm³/mol. The molecule has 4 nitrogen and oxygen atoms in total. The first-order valence-corrected chi connectivity index (χ1v) is 6.56. The van der Waals surface area contributed by atoms with Gasteiger partial charge in [0.2, 0.25) is 0 Å². The second-order valence-electron chi connectivity index (χ2n) is 3.58. The molecule has 0 aliphatic heterocycles. The number of thiophene rings is 1. The molecule has 0 fully saturated rings. The molecule has 1 unspecified atom stereocenters. The smallest absolute Gasteiger partial charge is 0.332 e. The van der Waals surface area contributed by atoms with Gasteiger partial charge in [0, 0.05) is 9.75 Å². The zero-order valence-corrected chi connectivity index (χ0v) is 11.1. The van der Waals surface area contributed by atoms with Crippen LogP contribution in [0.4, 0.5) is 0 Å². The fourth-order valence-electron chi connectivity index (χ4n) is 1.34. The van der Waals surface area contributed by atoms with Crippen molar-refractivity contribution >= 4 is 17.3 Å². The van der Waals surface area contributed by atoms with E-state index in [4.69, 9.17) is 15.2 Å². The molecule has 0 spiro atoms. The Kier molecular flexibility index (Phi) is 6.18. The lowest BCUT2D eigenvalue weighted by Crippen LogP contribution is -2.20. The van der Waals surface area contributed by atoms with E-state index in [1.807, 2.05) is 6.07 Å². The highest BCUT2D eigenvalue weighted by Crippen LogP contribution is 2.22. The number of hydrogen-bond donors (Lipinski definition) is 1. The van der Waals surface area contributed by atoms with E-state index < -0.39 is 0 Å². The van der Waals surface area contributed by atoms with Crippen molar-refractivity contribution in [2.24, 2.45) is 5.73 Å². The first-order chi connectivity index (χ1) is 8.17. The van der Waals surface area contributed by atoms with Gasteiger partial charge in [-0.05, 0) is 25.5 Å². The minimum absolute atomic E-state index is 0.0342. The number of ether oxygens (including phenoxy) is 2. The molecule has 1 rings (SSSR count). The first kappa shape index (κ1) is 14.2. The van der Waals surface area contributed by atoms with E-state index in [0.717, 1.165) is 11.3 Å². The van der Waals surface area contributed by atoms with Gasteiger partial charge in [0.05, 0.1) is 19.3 Å². The molecule has 1 heterocycles. The van der Waals surface area contributed by atoms with Crippen LogP contribution in [0.1, 0.15) is 29.6 Å². The molecule has 1 aromatic rings. The Morgan fingerprint density at radius 2 is 2.24 bits per heavy atom. The van der Waals surface area contributed by atoms with E-state index in [0.29, 0.717) is 13.2 Å². The highest BCUT2D eigenvalue weighted by atomic mass is 32.1. The number of carbonyl (C=O) groups is 1. The highest BCUT2D eigenvalue weighted by molar-refractivity contribution is 7.12. The molecule has 0 aromatic carbocycles. The van der Waals surface area contributed by atoms with Gasteiger partial charge in [0.15, 0.2) is 0 Å². The Hall–Kier alpha value is -0.910. The molecular formula is C12H19NO3S. The third-order valence-corrected chi connectivity index (χ3v) is 3.58. The lowest BCUT2D eigenvalue weighted by Gasteiger charge is -2.09. The van der Waals surface area contributed by atoms with Crippen LogP contribution in [0.15, 0.2) is 12.1 Å². The molecule has 5 heteroatoms. The topological polar surface area (TPSA) is 61.5 Å². The van der Waals surface area contributed by atoms with Crippen molar-refractivity contribution in [2.75, 3.05) is 19.8 Å². The average molecular weight is 257 g/mol. The van der Waals surface area contributed by atoms with E-state index in [9.17, 15) is 4.79 Å². The average Bonchev–Trinajstić information content (AvgIpc) is 2.77. The van der Waals surface area contributed by atoms with Gasteiger partial charge < -0.3 is 15.2 Å². The van der Waals surface area contributed by atoms with E-state index in [-0.39, 0.29) is 18.6 Å². The van der Waals surface area contributed by atoms with Crippen LogP contribution in [0, 0.1) is 0 Å². The summed E-state index contributed by atoms with van der Waals surface area (Å²) in [6.07, 6.45) is 1.01. The zero-order chi connectivity index (χ0) is 12.7. The van der Waals surface area contributed by atoms with Crippen molar-refractivity contribution < 1.29 is 14.3 Å². The van der Waals surface area contributed by atoms with Gasteiger partial charge >= 0.3 is 5.97 Å². The van der Waals surface area contributed by atoms with Gasteiger partial charge in [-0.15, -0.1) is 11.3 Å². The summed E-state index contributed by atoms with van der Waals surface area (Å²) in [6.45, 7) is 4.55. The molecule has 0 saturated carbocycles. The van der Waals surface area contributed by atoms with Crippen LogP contribution in [-0.2, 0) is 20.7 Å². The van der Waals surface area contributed by atoms with E-state index in [2.05, 4.69) is 13.0 Å². The van der Waals surface area contributed by atoms with Crippen molar-refractivity contribution in [3.05, 3.63) is 21.9 Å². The first-order valence-electron chi connectivity index (χ1n) is 5.74. The third-order valence-electron chi connectivity index (χ3n) is 2.22. The van der Waals surface area contributed by atoms with Crippen LogP contribution in [0.2, 0.25) is 0 Å². The second-order valence-corrected chi connectivity index (χ2v) is 4.78. The van der Waals surface area contributed by atoms with Gasteiger partial charge in [-0.3, -0.25) is 0 Å². The van der Waals surface area contributed by atoms with Gasteiger partial charge in [-0.2, -0.15) is 0 Å². The number of aryl methyl sites for hydroxylation is 1. The number of hydrogen-bond acceptors (Lipinski definition) is 5. The molecule has 2 N–H and O–H groups in total. The Bertz CT molecular complexity index is 351. The largest absolute Gasteiger partial charge is 0.464 e. The maximum absolute atomic E-state index is 11.0. The summed E-state index contributed by atoms with van der Waals surface area (Å²) in [6, 6.07) is 3.92. The molecule has 0 amide bonds. The lowest BCUT2D eigenvalue weighted by molar-refractivity contribution is -0.148. The summed E-state index contributed by atoms with van der Waals surface area (Å²) in [5.41, 5.74) is 5.96. The van der Waals surface area contributed by atoms with E-state index in [1.54, 1.807) is 18.3 Å². The van der Waals surface area contributed by atoms with Crippen molar-refractivity contribution in [2.45, 2.75) is 26.3 Å². The van der Waals surface area contributed by atoms with E-state index >= 15 is 0 Å². The fraction of sp³-hybridized carbons (Fsp3) is 0.583. The molecule has 0 aliphatic rings. The Morgan fingerprint density at radius 1 is 1.47 bits per heavy atom. The minimum atomic E-state index is -0.347. The number of esters is 1. The molecule has 17 heavy (non-hydrogen) atoms. The van der Waals surface area contributed by atoms with Crippen molar-refractivity contribution in [3.63, 3.8) is 0 Å². The normalized spacial score (nSPS) is 12.4. The SMILES string of the molecule is CCOC(=O)COCC(N)c1ccc(CC)s1. The third kappa shape index (κ3) is 4.85. The van der Waals surface area contributed by atoms with Crippen LogP contribution in [0.25, 0.3) is 0 Å². The van der Waals surface area contributed by atoms with Gasteiger partial charge in [0.1, 0.15) is 6.61 Å². The Balaban J connectivity index is 2.29. The summed E-state index contributed by atoms with van der Waals surface area (Å²) >= 11 is 1.69. The maximum Gasteiger partial charge on any atom is 0.332 e. The number of nitrogens with two attached hydrogens (primary N) is 1. The standard InChI is InChI=1S/C12H19NO3S/c1-3-9-5-6-11(17-9)10(13)7-15-8-12(14)16-4-2/h5-6,10H,3-4,7-8,13H2,1-2H3. The lowest BCUT2D eigenvalue weighted by atomic mass is 10.2. The summed E-state index contributed by atoms with van der Waals surface area (Å²) in [7, 11) is 0. The van der Waals surface area contributed by atoms with Crippen LogP contribution in [-0.4, -0.2) is 25.8 Å². The van der Waals surface area contributed by atoms with Crippen molar-refractivity contribution in [3.8, 4) is 0 Å². The number of carbonyl (C=O) groups excluding carboxylic acids is 1. The molecule has 0 aliphatic carbocycles. The fourth-order valence-corrected chi connectivity index (χ4v) is 2.28. The quantitative estimate of drug-likeness (QED) is 0.758. The maximum atomic E-state index is 11.0. The molecular weight excluding hydrogens is 238 g/mol. The molecule has 0 radical (unpaired) electrons. The summed E-state index contributed by atoms with van der Waals surface area (Å²) in [5, 5.41) is 0. The van der Waals surface area contributed by atoms with E-state index in [1.165, 1.54) is 4.88 Å². The minimum Gasteiger partial charge on any atom is -0.464 e. The van der Waals surface area contributed by atoms with Crippen LogP contribution >= 0.6 is 11.3 Å². The monoisotopic (exact) mass is 257 g/mol. The number of rotatable bonds is 7. The summed E-state index contributed by atoms with van der Waals surface area (Å²) in [4.78, 5) is 13.4. The molecule has 0 bridgehead atoms. The Morgan fingerprint density at radius 3 is 2.82 bits per heavy atom. The molecule has 0 saturated heterocycles. The summed E-state index contributed by atoms with van der Waals surface area (Å²) in [5.74, 6) is -0.347.